The minimum absolute atomic E-state index is 0.0303. The van der Waals surface area contributed by atoms with Gasteiger partial charge < -0.3 is 9.84 Å². The highest BCUT2D eigenvalue weighted by Crippen LogP contribution is 2.33. The largest absolute Gasteiger partial charge is 0.497 e. The van der Waals surface area contributed by atoms with Crippen LogP contribution in [0.25, 0.3) is 11.0 Å². The summed E-state index contributed by atoms with van der Waals surface area (Å²) in [5.74, 6) is -0.728. The zero-order valence-corrected chi connectivity index (χ0v) is 15.5. The summed E-state index contributed by atoms with van der Waals surface area (Å²) < 4.78 is 32.7. The number of benzene rings is 1. The molecule has 0 aliphatic heterocycles. The van der Waals surface area contributed by atoms with Gasteiger partial charge in [-0.3, -0.25) is 4.79 Å². The van der Waals surface area contributed by atoms with Crippen molar-refractivity contribution in [3.05, 3.63) is 52.8 Å². The van der Waals surface area contributed by atoms with Crippen molar-refractivity contribution in [3.8, 4) is 5.75 Å². The van der Waals surface area contributed by atoms with Crippen LogP contribution in [0, 0.1) is 6.92 Å². The number of carboxylic acids is 1. The molecule has 2 heterocycles. The van der Waals surface area contributed by atoms with Crippen LogP contribution in [0.3, 0.4) is 0 Å². The molecule has 1 N–H and O–H groups in total. The Bertz CT molecular complexity index is 1120. The van der Waals surface area contributed by atoms with Crippen molar-refractivity contribution in [1.82, 2.24) is 8.96 Å². The summed E-state index contributed by atoms with van der Waals surface area (Å²) in [6.07, 6.45) is 1.13. The summed E-state index contributed by atoms with van der Waals surface area (Å²) >= 11 is 6.12. The molecule has 1 aromatic carbocycles. The molecule has 0 spiro atoms. The van der Waals surface area contributed by atoms with Crippen LogP contribution < -0.4 is 4.74 Å². The quantitative estimate of drug-likeness (QED) is 0.714. The molecule has 7 nitrogen and oxygen atoms in total. The molecular weight excluding hydrogens is 380 g/mol. The molecule has 2 aromatic heterocycles. The fourth-order valence-electron chi connectivity index (χ4n) is 2.85. The maximum atomic E-state index is 13.3. The number of pyridine rings is 1. The minimum atomic E-state index is -4.13. The van der Waals surface area contributed by atoms with E-state index in [0.717, 1.165) is 3.97 Å². The number of hydrogen-bond donors (Lipinski definition) is 1. The van der Waals surface area contributed by atoms with Crippen molar-refractivity contribution < 1.29 is 23.1 Å². The number of hydrogen-bond acceptors (Lipinski definition) is 5. The Morgan fingerprint density at radius 2 is 2.08 bits per heavy atom. The van der Waals surface area contributed by atoms with Crippen molar-refractivity contribution in [2.75, 3.05) is 7.11 Å². The number of aromatic nitrogens is 2. The van der Waals surface area contributed by atoms with Crippen molar-refractivity contribution >= 4 is 38.6 Å². The fraction of sp³-hybridized carbons (Fsp3) is 0.176. The van der Waals surface area contributed by atoms with E-state index in [-0.39, 0.29) is 27.7 Å². The smallest absolute Gasteiger partial charge is 0.307 e. The molecule has 0 amide bonds. The van der Waals surface area contributed by atoms with E-state index in [9.17, 15) is 18.3 Å². The van der Waals surface area contributed by atoms with E-state index in [4.69, 9.17) is 16.3 Å². The highest BCUT2D eigenvalue weighted by molar-refractivity contribution is 7.90. The van der Waals surface area contributed by atoms with Gasteiger partial charge in [-0.2, -0.15) is 0 Å². The molecule has 0 atom stereocenters. The number of rotatable bonds is 5. The van der Waals surface area contributed by atoms with Gasteiger partial charge in [0.05, 0.1) is 18.6 Å². The second-order valence-electron chi connectivity index (χ2n) is 5.57. The van der Waals surface area contributed by atoms with E-state index < -0.39 is 16.0 Å². The summed E-state index contributed by atoms with van der Waals surface area (Å²) in [6, 6.07) is 7.58. The monoisotopic (exact) mass is 394 g/mol. The average Bonchev–Trinajstić information content (AvgIpc) is 2.87. The van der Waals surface area contributed by atoms with E-state index in [1.54, 1.807) is 25.1 Å². The van der Waals surface area contributed by atoms with E-state index >= 15 is 0 Å². The third kappa shape index (κ3) is 2.91. The number of methoxy groups -OCH3 is 1. The Morgan fingerprint density at radius 1 is 1.35 bits per heavy atom. The number of aliphatic carboxylic acids is 1. The van der Waals surface area contributed by atoms with Crippen LogP contribution in [-0.2, 0) is 21.2 Å². The zero-order chi connectivity index (χ0) is 19.1. The first-order chi connectivity index (χ1) is 12.3. The first-order valence-electron chi connectivity index (χ1n) is 7.53. The second-order valence-corrected chi connectivity index (χ2v) is 7.74. The summed E-state index contributed by atoms with van der Waals surface area (Å²) in [4.78, 5) is 15.2. The lowest BCUT2D eigenvalue weighted by atomic mass is 10.1. The first kappa shape index (κ1) is 18.2. The number of carbonyl (C=O) groups is 1. The van der Waals surface area contributed by atoms with Gasteiger partial charge in [-0.1, -0.05) is 11.6 Å². The molecule has 0 unspecified atom stereocenters. The highest BCUT2D eigenvalue weighted by Gasteiger charge is 2.28. The molecule has 0 radical (unpaired) electrons. The van der Waals surface area contributed by atoms with E-state index in [2.05, 4.69) is 4.98 Å². The van der Waals surface area contributed by atoms with E-state index in [0.29, 0.717) is 16.7 Å². The van der Waals surface area contributed by atoms with Gasteiger partial charge in [0.1, 0.15) is 10.6 Å². The SMILES string of the molecule is COc1ccc(Cl)c(S(=O)(=O)n2c(C)c(CC(=O)O)c3cccnc32)c1. The Morgan fingerprint density at radius 3 is 2.73 bits per heavy atom. The van der Waals surface area contributed by atoms with Crippen LogP contribution in [0.15, 0.2) is 41.4 Å². The number of carboxylic acid groups (broad SMARTS) is 1. The average molecular weight is 395 g/mol. The number of nitrogens with zero attached hydrogens (tertiary/aromatic N) is 2. The Hall–Kier alpha value is -2.58. The van der Waals surface area contributed by atoms with Crippen molar-refractivity contribution in [2.45, 2.75) is 18.2 Å². The second kappa shape index (κ2) is 6.62. The van der Waals surface area contributed by atoms with Gasteiger partial charge in [-0.15, -0.1) is 0 Å². The van der Waals surface area contributed by atoms with Crippen molar-refractivity contribution in [1.29, 1.82) is 0 Å². The number of halogens is 1. The molecule has 0 saturated heterocycles. The molecule has 9 heteroatoms. The highest BCUT2D eigenvalue weighted by atomic mass is 35.5. The van der Waals surface area contributed by atoms with E-state index in [1.807, 2.05) is 0 Å². The third-order valence-electron chi connectivity index (χ3n) is 4.03. The summed E-state index contributed by atoms with van der Waals surface area (Å²) in [6.45, 7) is 1.55. The number of fused-ring (bicyclic) bond motifs is 1. The van der Waals surface area contributed by atoms with Gasteiger partial charge in [0.15, 0.2) is 5.65 Å². The lowest BCUT2D eigenvalue weighted by Crippen LogP contribution is -2.16. The van der Waals surface area contributed by atoms with Crippen LogP contribution in [0.1, 0.15) is 11.3 Å². The van der Waals surface area contributed by atoms with Gasteiger partial charge in [-0.05, 0) is 36.8 Å². The van der Waals surface area contributed by atoms with Crippen LogP contribution in [0.2, 0.25) is 5.02 Å². The predicted molar refractivity (Wildman–Crippen MR) is 96.4 cm³/mol. The number of ether oxygens (including phenoxy) is 1. The lowest BCUT2D eigenvalue weighted by molar-refractivity contribution is -0.136. The standard InChI is InChI=1S/C17H15ClN2O5S/c1-10-13(9-16(21)22)12-4-3-7-19-17(12)20(10)26(23,24)15-8-11(25-2)5-6-14(15)18/h3-8H,9H2,1-2H3,(H,21,22). The third-order valence-corrected chi connectivity index (χ3v) is 6.29. The molecular formula is C17H15ClN2O5S. The fourth-order valence-corrected chi connectivity index (χ4v) is 4.88. The van der Waals surface area contributed by atoms with Crippen molar-refractivity contribution in [2.24, 2.45) is 0 Å². The Balaban J connectivity index is 2.35. The normalized spacial score (nSPS) is 11.7. The molecule has 26 heavy (non-hydrogen) atoms. The zero-order valence-electron chi connectivity index (χ0n) is 13.9. The minimum Gasteiger partial charge on any atom is -0.497 e. The summed E-state index contributed by atoms with van der Waals surface area (Å²) in [5, 5.41) is 9.67. The van der Waals surface area contributed by atoms with Gasteiger partial charge in [-0.25, -0.2) is 17.4 Å². The Kier molecular flexibility index (Phi) is 4.64. The van der Waals surface area contributed by atoms with E-state index in [1.165, 1.54) is 25.4 Å². The van der Waals surface area contributed by atoms with Crippen molar-refractivity contribution in [3.63, 3.8) is 0 Å². The van der Waals surface area contributed by atoms with Gasteiger partial charge in [0.2, 0.25) is 0 Å². The molecule has 0 fully saturated rings. The van der Waals surface area contributed by atoms with Crippen LogP contribution in [0.5, 0.6) is 5.75 Å². The predicted octanol–water partition coefficient (Wildman–Crippen LogP) is 2.87. The lowest BCUT2D eigenvalue weighted by Gasteiger charge is -2.12. The maximum absolute atomic E-state index is 13.3. The summed E-state index contributed by atoms with van der Waals surface area (Å²) in [5.41, 5.74) is 0.823. The molecule has 3 rings (SSSR count). The summed E-state index contributed by atoms with van der Waals surface area (Å²) in [7, 11) is -2.71. The van der Waals surface area contributed by atoms with Gasteiger partial charge >= 0.3 is 5.97 Å². The van der Waals surface area contributed by atoms with Crippen LogP contribution >= 0.6 is 11.6 Å². The molecule has 136 valence electrons. The Labute approximate surface area is 154 Å². The van der Waals surface area contributed by atoms with Gasteiger partial charge in [0, 0.05) is 23.3 Å². The first-order valence-corrected chi connectivity index (χ1v) is 9.35. The molecule has 0 aliphatic carbocycles. The molecule has 0 saturated carbocycles. The van der Waals surface area contributed by atoms with Crippen LogP contribution in [-0.4, -0.2) is 35.6 Å². The maximum Gasteiger partial charge on any atom is 0.307 e. The molecule has 0 aliphatic rings. The topological polar surface area (TPSA) is 98.5 Å². The molecule has 0 bridgehead atoms. The molecule has 3 aromatic rings. The van der Waals surface area contributed by atoms with Crippen LogP contribution in [0.4, 0.5) is 0 Å². The van der Waals surface area contributed by atoms with Gasteiger partial charge in [0.25, 0.3) is 10.0 Å².